The highest BCUT2D eigenvalue weighted by molar-refractivity contribution is 7.98. The lowest BCUT2D eigenvalue weighted by molar-refractivity contribution is 0.310. The van der Waals surface area contributed by atoms with Crippen molar-refractivity contribution < 1.29 is 4.74 Å². The fourth-order valence-electron chi connectivity index (χ4n) is 2.26. The summed E-state index contributed by atoms with van der Waals surface area (Å²) >= 11 is 1.92. The number of aromatic nitrogens is 2. The highest BCUT2D eigenvalue weighted by atomic mass is 32.2. The predicted octanol–water partition coefficient (Wildman–Crippen LogP) is 4.66. The van der Waals surface area contributed by atoms with Gasteiger partial charge in [-0.1, -0.05) is 30.3 Å². The molecule has 4 heteroatoms. The number of aromatic amines is 1. The van der Waals surface area contributed by atoms with Crippen LogP contribution in [0.5, 0.6) is 5.75 Å². The lowest BCUT2D eigenvalue weighted by Crippen LogP contribution is -1.97. The molecule has 22 heavy (non-hydrogen) atoms. The van der Waals surface area contributed by atoms with Crippen molar-refractivity contribution in [1.82, 2.24) is 9.97 Å². The van der Waals surface area contributed by atoms with E-state index < -0.39 is 0 Å². The summed E-state index contributed by atoms with van der Waals surface area (Å²) in [7, 11) is 0. The second kappa shape index (κ2) is 7.90. The van der Waals surface area contributed by atoms with E-state index in [1.807, 2.05) is 60.3 Å². The molecule has 114 valence electrons. The molecule has 0 saturated carbocycles. The Morgan fingerprint density at radius 3 is 2.64 bits per heavy atom. The Hall–Kier alpha value is -1.94. The zero-order valence-corrected chi connectivity index (χ0v) is 13.3. The third-order valence-corrected chi connectivity index (χ3v) is 4.43. The maximum Gasteiger partial charge on any atom is 0.119 e. The number of imidazole rings is 1. The number of fused-ring (bicyclic) bond motifs is 1. The molecule has 3 aromatic rings. The number of nitrogens with zero attached hydrogens (tertiary/aromatic N) is 1. The van der Waals surface area contributed by atoms with Crippen LogP contribution >= 0.6 is 11.8 Å². The van der Waals surface area contributed by atoms with Crippen molar-refractivity contribution in [1.29, 1.82) is 0 Å². The number of thioether (sulfide) groups is 1. The van der Waals surface area contributed by atoms with E-state index >= 15 is 0 Å². The fourth-order valence-corrected chi connectivity index (χ4v) is 3.14. The van der Waals surface area contributed by atoms with E-state index in [4.69, 9.17) is 4.74 Å². The van der Waals surface area contributed by atoms with Gasteiger partial charge >= 0.3 is 0 Å². The first-order valence-corrected chi connectivity index (χ1v) is 8.76. The van der Waals surface area contributed by atoms with E-state index in [0.29, 0.717) is 0 Å². The van der Waals surface area contributed by atoms with Crippen molar-refractivity contribution in [2.75, 3.05) is 12.4 Å². The summed E-state index contributed by atoms with van der Waals surface area (Å²) in [5.74, 6) is 4.09. The van der Waals surface area contributed by atoms with Crippen molar-refractivity contribution in [3.8, 4) is 5.75 Å². The molecule has 0 radical (unpaired) electrons. The third-order valence-electron chi connectivity index (χ3n) is 3.37. The minimum atomic E-state index is 0.787. The molecule has 1 N–H and O–H groups in total. The zero-order chi connectivity index (χ0) is 15.0. The summed E-state index contributed by atoms with van der Waals surface area (Å²) in [6.45, 7) is 0.787. The van der Waals surface area contributed by atoms with Crippen LogP contribution in [-0.2, 0) is 5.75 Å². The van der Waals surface area contributed by atoms with Crippen LogP contribution < -0.4 is 4.74 Å². The lowest BCUT2D eigenvalue weighted by atomic mass is 10.3. The molecular weight excluding hydrogens is 292 g/mol. The molecule has 1 heterocycles. The second-order valence-electron chi connectivity index (χ2n) is 5.12. The van der Waals surface area contributed by atoms with Crippen molar-refractivity contribution in [3.05, 3.63) is 60.4 Å². The molecule has 3 rings (SSSR count). The number of benzene rings is 2. The van der Waals surface area contributed by atoms with E-state index in [-0.39, 0.29) is 0 Å². The van der Waals surface area contributed by atoms with E-state index in [1.165, 1.54) is 0 Å². The van der Waals surface area contributed by atoms with Gasteiger partial charge in [-0.15, -0.1) is 0 Å². The molecule has 2 aromatic carbocycles. The molecule has 0 saturated heterocycles. The first-order valence-electron chi connectivity index (χ1n) is 7.61. The normalized spacial score (nSPS) is 10.9. The summed E-state index contributed by atoms with van der Waals surface area (Å²) in [6.07, 6.45) is 2.25. The van der Waals surface area contributed by atoms with E-state index in [0.717, 1.165) is 53.6 Å². The molecule has 0 fully saturated rings. The number of H-pyrrole nitrogens is 1. The predicted molar refractivity (Wildman–Crippen MR) is 93.4 cm³/mol. The zero-order valence-electron chi connectivity index (χ0n) is 12.5. The van der Waals surface area contributed by atoms with Crippen molar-refractivity contribution in [2.24, 2.45) is 0 Å². The van der Waals surface area contributed by atoms with Crippen LogP contribution in [0.4, 0.5) is 0 Å². The topological polar surface area (TPSA) is 37.9 Å². The largest absolute Gasteiger partial charge is 0.494 e. The molecule has 0 bridgehead atoms. The highest BCUT2D eigenvalue weighted by Crippen LogP contribution is 2.16. The number of hydrogen-bond acceptors (Lipinski definition) is 3. The van der Waals surface area contributed by atoms with Crippen LogP contribution in [0, 0.1) is 0 Å². The Kier molecular flexibility index (Phi) is 5.37. The number of unbranched alkanes of at least 4 members (excludes halogenated alkanes) is 1. The highest BCUT2D eigenvalue weighted by Gasteiger charge is 2.01. The monoisotopic (exact) mass is 312 g/mol. The lowest BCUT2D eigenvalue weighted by Gasteiger charge is -2.05. The minimum Gasteiger partial charge on any atom is -0.494 e. The first kappa shape index (κ1) is 15.0. The van der Waals surface area contributed by atoms with Crippen LogP contribution in [0.1, 0.15) is 18.7 Å². The van der Waals surface area contributed by atoms with Crippen LogP contribution in [0.2, 0.25) is 0 Å². The molecule has 3 nitrogen and oxygen atoms in total. The van der Waals surface area contributed by atoms with Crippen LogP contribution in [0.3, 0.4) is 0 Å². The average molecular weight is 312 g/mol. The quantitative estimate of drug-likeness (QED) is 0.615. The van der Waals surface area contributed by atoms with Crippen LogP contribution in [-0.4, -0.2) is 22.3 Å². The van der Waals surface area contributed by atoms with E-state index in [9.17, 15) is 0 Å². The Balaban J connectivity index is 1.30. The van der Waals surface area contributed by atoms with Crippen molar-refractivity contribution >= 4 is 22.8 Å². The van der Waals surface area contributed by atoms with E-state index in [1.54, 1.807) is 0 Å². The molecule has 0 aliphatic heterocycles. The van der Waals surface area contributed by atoms with Gasteiger partial charge in [0.2, 0.25) is 0 Å². The summed E-state index contributed by atoms with van der Waals surface area (Å²) in [5.41, 5.74) is 2.17. The number of ether oxygens (including phenoxy) is 1. The molecule has 0 unspecified atom stereocenters. The van der Waals surface area contributed by atoms with Gasteiger partial charge in [-0.3, -0.25) is 0 Å². The summed E-state index contributed by atoms with van der Waals surface area (Å²) in [5, 5.41) is 0. The standard InChI is InChI=1S/C18H20N2OS/c1-2-8-15(9-3-1)21-12-6-7-13-22-14-18-19-16-10-4-5-11-17(16)20-18/h1-5,8-11H,6-7,12-14H2,(H,19,20). The molecular formula is C18H20N2OS. The Morgan fingerprint density at radius 1 is 0.955 bits per heavy atom. The second-order valence-corrected chi connectivity index (χ2v) is 6.23. The van der Waals surface area contributed by atoms with Gasteiger partial charge in [0.05, 0.1) is 23.4 Å². The van der Waals surface area contributed by atoms with Gasteiger partial charge < -0.3 is 9.72 Å². The SMILES string of the molecule is c1ccc(OCCCCSCc2nc3ccccc3[nH]2)cc1. The van der Waals surface area contributed by atoms with Gasteiger partial charge in [0.25, 0.3) is 0 Å². The maximum absolute atomic E-state index is 5.68. The Labute approximate surface area is 135 Å². The summed E-state index contributed by atoms with van der Waals surface area (Å²) in [4.78, 5) is 7.95. The molecule has 0 aliphatic rings. The molecule has 0 spiro atoms. The van der Waals surface area contributed by atoms with Crippen LogP contribution in [0.25, 0.3) is 11.0 Å². The Morgan fingerprint density at radius 2 is 1.77 bits per heavy atom. The van der Waals surface area contributed by atoms with Crippen LogP contribution in [0.15, 0.2) is 54.6 Å². The smallest absolute Gasteiger partial charge is 0.119 e. The number of nitrogens with one attached hydrogen (secondary N) is 1. The molecule has 0 amide bonds. The number of para-hydroxylation sites is 3. The number of rotatable bonds is 8. The maximum atomic E-state index is 5.68. The summed E-state index contributed by atoms with van der Waals surface area (Å²) in [6, 6.07) is 18.2. The first-order chi connectivity index (χ1) is 10.9. The number of hydrogen-bond donors (Lipinski definition) is 1. The van der Waals surface area contributed by atoms with Crippen molar-refractivity contribution in [2.45, 2.75) is 18.6 Å². The van der Waals surface area contributed by atoms with Gasteiger partial charge in [-0.05, 0) is 42.9 Å². The summed E-state index contributed by atoms with van der Waals surface area (Å²) < 4.78 is 5.68. The van der Waals surface area contributed by atoms with Gasteiger partial charge in [0.1, 0.15) is 11.6 Å². The van der Waals surface area contributed by atoms with Gasteiger partial charge in [-0.2, -0.15) is 11.8 Å². The fraction of sp³-hybridized carbons (Fsp3) is 0.278. The molecule has 0 atom stereocenters. The molecule has 1 aromatic heterocycles. The third kappa shape index (κ3) is 4.28. The van der Waals surface area contributed by atoms with Gasteiger partial charge in [-0.25, -0.2) is 4.98 Å². The van der Waals surface area contributed by atoms with Gasteiger partial charge in [0.15, 0.2) is 0 Å². The Bertz CT molecular complexity index is 663. The molecule has 0 aliphatic carbocycles. The van der Waals surface area contributed by atoms with Gasteiger partial charge in [0, 0.05) is 0 Å². The van der Waals surface area contributed by atoms with E-state index in [2.05, 4.69) is 16.0 Å². The average Bonchev–Trinajstić information content (AvgIpc) is 2.97. The van der Waals surface area contributed by atoms with Crippen molar-refractivity contribution in [3.63, 3.8) is 0 Å². The minimum absolute atomic E-state index is 0.787.